The van der Waals surface area contributed by atoms with Gasteiger partial charge in [0.25, 0.3) is 0 Å². The van der Waals surface area contributed by atoms with Gasteiger partial charge in [-0.25, -0.2) is 0 Å². The Labute approximate surface area is 85.8 Å². The number of carbonyl (C=O) groups is 1. The molecule has 2 fully saturated rings. The molecule has 0 aromatic heterocycles. The minimum atomic E-state index is 0.327. The number of hydrogen-bond acceptors (Lipinski definition) is 2. The summed E-state index contributed by atoms with van der Waals surface area (Å²) in [7, 11) is 1.95. The summed E-state index contributed by atoms with van der Waals surface area (Å²) in [5.74, 6) is 1.46. The monoisotopic (exact) mass is 196 g/mol. The van der Waals surface area contributed by atoms with Gasteiger partial charge in [-0.3, -0.25) is 4.79 Å². The predicted octanol–water partition coefficient (Wildman–Crippen LogP) is 0.851. The summed E-state index contributed by atoms with van der Waals surface area (Å²) in [6.07, 6.45) is 1.92. The van der Waals surface area contributed by atoms with E-state index in [9.17, 15) is 4.79 Å². The normalized spacial score (nSPS) is 37.9. The summed E-state index contributed by atoms with van der Waals surface area (Å²) in [5.41, 5.74) is 0. The lowest BCUT2D eigenvalue weighted by Crippen LogP contribution is -2.57. The molecule has 3 nitrogen and oxygen atoms in total. The molecule has 0 radical (unpaired) electrons. The number of amides is 1. The van der Waals surface area contributed by atoms with E-state index >= 15 is 0 Å². The molecular weight excluding hydrogens is 176 g/mol. The summed E-state index contributed by atoms with van der Waals surface area (Å²) >= 11 is 0. The van der Waals surface area contributed by atoms with Gasteiger partial charge in [0, 0.05) is 25.6 Å². The number of fused-ring (bicyclic) bond motifs is 1. The molecule has 0 aromatic carbocycles. The summed E-state index contributed by atoms with van der Waals surface area (Å²) in [6, 6.07) is 0.932. The Morgan fingerprint density at radius 1 is 1.50 bits per heavy atom. The Bertz CT molecular complexity index is 239. The van der Waals surface area contributed by atoms with E-state index in [2.05, 4.69) is 19.2 Å². The fourth-order valence-electron chi connectivity index (χ4n) is 3.05. The third-order valence-corrected chi connectivity index (χ3v) is 3.73. The lowest BCUT2D eigenvalue weighted by Gasteiger charge is -2.43. The van der Waals surface area contributed by atoms with E-state index in [4.69, 9.17) is 0 Å². The molecular formula is C11H20N2O. The molecule has 3 heteroatoms. The van der Waals surface area contributed by atoms with E-state index < -0.39 is 0 Å². The van der Waals surface area contributed by atoms with Gasteiger partial charge in [0.1, 0.15) is 0 Å². The number of rotatable bonds is 1. The van der Waals surface area contributed by atoms with Crippen LogP contribution in [0.1, 0.15) is 26.7 Å². The van der Waals surface area contributed by atoms with Gasteiger partial charge >= 0.3 is 0 Å². The Morgan fingerprint density at radius 2 is 2.21 bits per heavy atom. The largest absolute Gasteiger partial charge is 0.341 e. The zero-order chi connectivity index (χ0) is 10.3. The van der Waals surface area contributed by atoms with Gasteiger partial charge in [0.15, 0.2) is 0 Å². The van der Waals surface area contributed by atoms with E-state index in [0.29, 0.717) is 29.8 Å². The molecule has 0 bridgehead atoms. The van der Waals surface area contributed by atoms with E-state index in [1.807, 2.05) is 11.9 Å². The fraction of sp³-hybridized carbons (Fsp3) is 0.909. The maximum absolute atomic E-state index is 11.7. The van der Waals surface area contributed by atoms with Crippen LogP contribution in [0.15, 0.2) is 0 Å². The van der Waals surface area contributed by atoms with Crippen LogP contribution in [0.3, 0.4) is 0 Å². The van der Waals surface area contributed by atoms with Gasteiger partial charge in [-0.2, -0.15) is 0 Å². The SMILES string of the molecule is CC(C)C1C2NCCC2CC(=O)N1C. The first-order valence-corrected chi connectivity index (χ1v) is 5.60. The van der Waals surface area contributed by atoms with Crippen molar-refractivity contribution in [2.75, 3.05) is 13.6 Å². The Balaban J connectivity index is 2.20. The number of likely N-dealkylation sites (N-methyl/N-ethyl adjacent to an activating group) is 1. The third kappa shape index (κ3) is 1.44. The van der Waals surface area contributed by atoms with E-state index in [1.54, 1.807) is 0 Å². The van der Waals surface area contributed by atoms with Crippen molar-refractivity contribution >= 4 is 5.91 Å². The van der Waals surface area contributed by atoms with Crippen LogP contribution in [0, 0.1) is 11.8 Å². The lowest BCUT2D eigenvalue weighted by atomic mass is 9.81. The Morgan fingerprint density at radius 3 is 2.86 bits per heavy atom. The molecule has 2 aliphatic rings. The molecule has 1 N–H and O–H groups in total. The number of nitrogens with one attached hydrogen (secondary N) is 1. The molecule has 0 spiro atoms. The molecule has 2 rings (SSSR count). The molecule has 1 amide bonds. The molecule has 3 atom stereocenters. The lowest BCUT2D eigenvalue weighted by molar-refractivity contribution is -0.138. The van der Waals surface area contributed by atoms with Crippen LogP contribution in [0.2, 0.25) is 0 Å². The van der Waals surface area contributed by atoms with E-state index in [1.165, 1.54) is 6.42 Å². The van der Waals surface area contributed by atoms with E-state index in [-0.39, 0.29) is 0 Å². The first-order chi connectivity index (χ1) is 6.61. The first kappa shape index (κ1) is 9.97. The molecule has 3 unspecified atom stereocenters. The van der Waals surface area contributed by atoms with Crippen LogP contribution in [0.5, 0.6) is 0 Å². The average Bonchev–Trinajstić information content (AvgIpc) is 2.52. The first-order valence-electron chi connectivity index (χ1n) is 5.60. The smallest absolute Gasteiger partial charge is 0.222 e. The second-order valence-electron chi connectivity index (χ2n) is 4.97. The topological polar surface area (TPSA) is 32.3 Å². The van der Waals surface area contributed by atoms with Gasteiger partial charge < -0.3 is 10.2 Å². The summed E-state index contributed by atoms with van der Waals surface area (Å²) < 4.78 is 0. The van der Waals surface area contributed by atoms with Crippen molar-refractivity contribution in [3.63, 3.8) is 0 Å². The third-order valence-electron chi connectivity index (χ3n) is 3.73. The summed E-state index contributed by atoms with van der Waals surface area (Å²) in [4.78, 5) is 13.7. The fourth-order valence-corrected chi connectivity index (χ4v) is 3.05. The number of likely N-dealkylation sites (tertiary alicyclic amines) is 1. The van der Waals surface area contributed by atoms with Crippen molar-refractivity contribution in [2.45, 2.75) is 38.8 Å². The van der Waals surface area contributed by atoms with Gasteiger partial charge in [0.05, 0.1) is 0 Å². The molecule has 2 heterocycles. The van der Waals surface area contributed by atoms with Gasteiger partial charge in [-0.1, -0.05) is 13.8 Å². The minimum Gasteiger partial charge on any atom is -0.341 e. The van der Waals surface area contributed by atoms with Gasteiger partial charge in [-0.05, 0) is 24.8 Å². The number of carbonyl (C=O) groups excluding carboxylic acids is 1. The second-order valence-corrected chi connectivity index (χ2v) is 4.97. The van der Waals surface area contributed by atoms with Crippen molar-refractivity contribution in [3.8, 4) is 0 Å². The van der Waals surface area contributed by atoms with Gasteiger partial charge in [-0.15, -0.1) is 0 Å². The molecule has 0 saturated carbocycles. The molecule has 0 aromatic rings. The van der Waals surface area contributed by atoms with Crippen LogP contribution in [0.25, 0.3) is 0 Å². The highest BCUT2D eigenvalue weighted by Gasteiger charge is 2.43. The summed E-state index contributed by atoms with van der Waals surface area (Å²) in [5, 5.41) is 3.55. The highest BCUT2D eigenvalue weighted by atomic mass is 16.2. The zero-order valence-corrected chi connectivity index (χ0v) is 9.29. The Hall–Kier alpha value is -0.570. The van der Waals surface area contributed by atoms with Gasteiger partial charge in [0.2, 0.25) is 5.91 Å². The maximum Gasteiger partial charge on any atom is 0.222 e. The highest BCUT2D eigenvalue weighted by molar-refractivity contribution is 5.77. The van der Waals surface area contributed by atoms with E-state index in [0.717, 1.165) is 13.0 Å². The Kier molecular flexibility index (Phi) is 2.52. The average molecular weight is 196 g/mol. The number of nitrogens with zero attached hydrogens (tertiary/aromatic N) is 1. The quantitative estimate of drug-likeness (QED) is 0.674. The highest BCUT2D eigenvalue weighted by Crippen LogP contribution is 2.32. The van der Waals surface area contributed by atoms with Crippen LogP contribution in [-0.4, -0.2) is 36.5 Å². The standard InChI is InChI=1S/C11H20N2O/c1-7(2)11-10-8(4-5-12-10)6-9(14)13(11)3/h7-8,10-12H,4-6H2,1-3H3. The van der Waals surface area contributed by atoms with Crippen LogP contribution in [0.4, 0.5) is 0 Å². The van der Waals surface area contributed by atoms with Crippen LogP contribution in [-0.2, 0) is 4.79 Å². The van der Waals surface area contributed by atoms with Crippen molar-refractivity contribution in [1.29, 1.82) is 0 Å². The molecule has 2 saturated heterocycles. The molecule has 14 heavy (non-hydrogen) atoms. The molecule has 2 aliphatic heterocycles. The van der Waals surface area contributed by atoms with Crippen LogP contribution < -0.4 is 5.32 Å². The number of piperidine rings is 1. The maximum atomic E-state index is 11.7. The number of hydrogen-bond donors (Lipinski definition) is 1. The predicted molar refractivity (Wildman–Crippen MR) is 55.9 cm³/mol. The zero-order valence-electron chi connectivity index (χ0n) is 9.29. The second kappa shape index (κ2) is 3.54. The van der Waals surface area contributed by atoms with Crippen molar-refractivity contribution in [3.05, 3.63) is 0 Å². The molecule has 80 valence electrons. The van der Waals surface area contributed by atoms with Crippen molar-refractivity contribution in [2.24, 2.45) is 11.8 Å². The van der Waals surface area contributed by atoms with Crippen LogP contribution >= 0.6 is 0 Å². The van der Waals surface area contributed by atoms with Crippen molar-refractivity contribution < 1.29 is 4.79 Å². The van der Waals surface area contributed by atoms with Crippen molar-refractivity contribution in [1.82, 2.24) is 10.2 Å². The summed E-state index contributed by atoms with van der Waals surface area (Å²) in [6.45, 7) is 5.49. The minimum absolute atomic E-state index is 0.327. The molecule has 0 aliphatic carbocycles.